The van der Waals surface area contributed by atoms with Gasteiger partial charge in [0, 0.05) is 18.5 Å². The largest absolute Gasteiger partial charge is 0.368 e. The molecular formula is C22H23N3O4. The first-order chi connectivity index (χ1) is 13.9. The van der Waals surface area contributed by atoms with Gasteiger partial charge in [-0.25, -0.2) is 0 Å². The van der Waals surface area contributed by atoms with Gasteiger partial charge in [-0.3, -0.25) is 24.1 Å². The highest BCUT2D eigenvalue weighted by Crippen LogP contribution is 2.24. The van der Waals surface area contributed by atoms with Gasteiger partial charge in [-0.15, -0.1) is 0 Å². The summed E-state index contributed by atoms with van der Waals surface area (Å²) in [6, 6.07) is 12.7. The summed E-state index contributed by atoms with van der Waals surface area (Å²) in [5.41, 5.74) is 7.00. The normalized spacial score (nSPS) is 13.9. The van der Waals surface area contributed by atoms with Gasteiger partial charge in [-0.1, -0.05) is 43.7 Å². The Kier molecular flexibility index (Phi) is 6.07. The van der Waals surface area contributed by atoms with Crippen LogP contribution in [0.4, 0.5) is 0 Å². The summed E-state index contributed by atoms with van der Waals surface area (Å²) < 4.78 is 0. The van der Waals surface area contributed by atoms with Crippen molar-refractivity contribution >= 4 is 23.6 Å². The van der Waals surface area contributed by atoms with E-state index in [9.17, 15) is 19.2 Å². The number of hydrogen-bond acceptors (Lipinski definition) is 4. The van der Waals surface area contributed by atoms with E-state index < -0.39 is 23.8 Å². The number of fused-ring (bicyclic) bond motifs is 1. The smallest absolute Gasteiger partial charge is 0.261 e. The van der Waals surface area contributed by atoms with E-state index in [1.54, 1.807) is 0 Å². The Morgan fingerprint density at radius 1 is 1.03 bits per heavy atom. The van der Waals surface area contributed by atoms with Crippen LogP contribution >= 0.6 is 0 Å². The molecule has 1 unspecified atom stereocenters. The molecule has 7 nitrogen and oxygen atoms in total. The number of imide groups is 1. The van der Waals surface area contributed by atoms with E-state index in [-0.39, 0.29) is 23.5 Å². The monoisotopic (exact) mass is 393 g/mol. The third kappa shape index (κ3) is 4.34. The highest BCUT2D eigenvalue weighted by atomic mass is 16.2. The van der Waals surface area contributed by atoms with Crippen molar-refractivity contribution in [2.45, 2.75) is 32.2 Å². The molecule has 29 heavy (non-hydrogen) atoms. The summed E-state index contributed by atoms with van der Waals surface area (Å²) >= 11 is 0. The van der Waals surface area contributed by atoms with Crippen LogP contribution in [0, 0.1) is 0 Å². The van der Waals surface area contributed by atoms with Crippen molar-refractivity contribution < 1.29 is 19.2 Å². The molecule has 0 spiro atoms. The average Bonchev–Trinajstić information content (AvgIpc) is 2.96. The number of amides is 4. The average molecular weight is 393 g/mol. The molecule has 0 bridgehead atoms. The van der Waals surface area contributed by atoms with Gasteiger partial charge >= 0.3 is 0 Å². The second-order valence-electron chi connectivity index (χ2n) is 6.99. The highest BCUT2D eigenvalue weighted by molar-refractivity contribution is 6.22. The zero-order chi connectivity index (χ0) is 21.0. The molecule has 4 amide bonds. The van der Waals surface area contributed by atoms with Crippen LogP contribution in [0.15, 0.2) is 48.5 Å². The fourth-order valence-corrected chi connectivity index (χ4v) is 3.27. The van der Waals surface area contributed by atoms with Gasteiger partial charge in [-0.05, 0) is 30.2 Å². The minimum absolute atomic E-state index is 0.196. The lowest BCUT2D eigenvalue weighted by molar-refractivity contribution is -0.119. The Bertz CT molecular complexity index is 956. The van der Waals surface area contributed by atoms with Gasteiger partial charge in [0.1, 0.15) is 6.04 Å². The van der Waals surface area contributed by atoms with Gasteiger partial charge in [0.2, 0.25) is 5.91 Å². The number of nitrogens with one attached hydrogen (secondary N) is 1. The molecule has 0 saturated carbocycles. The molecule has 3 rings (SSSR count). The van der Waals surface area contributed by atoms with E-state index in [2.05, 4.69) is 5.32 Å². The SMILES string of the molecule is CCCCN1C(=O)c2ccc(C(=O)NC(Cc3ccccc3)C(N)=O)cc2C1=O. The maximum absolute atomic E-state index is 12.7. The Morgan fingerprint density at radius 2 is 1.72 bits per heavy atom. The second kappa shape index (κ2) is 8.68. The Morgan fingerprint density at radius 3 is 2.38 bits per heavy atom. The van der Waals surface area contributed by atoms with Crippen LogP contribution in [0.5, 0.6) is 0 Å². The Balaban J connectivity index is 1.77. The molecule has 1 heterocycles. The van der Waals surface area contributed by atoms with Crippen molar-refractivity contribution in [3.8, 4) is 0 Å². The molecule has 1 atom stereocenters. The van der Waals surface area contributed by atoms with Crippen molar-refractivity contribution in [3.05, 3.63) is 70.8 Å². The van der Waals surface area contributed by atoms with Crippen LogP contribution in [-0.4, -0.2) is 41.1 Å². The van der Waals surface area contributed by atoms with Gasteiger partial charge < -0.3 is 11.1 Å². The van der Waals surface area contributed by atoms with Gasteiger partial charge in [-0.2, -0.15) is 0 Å². The molecule has 1 aliphatic heterocycles. The van der Waals surface area contributed by atoms with Gasteiger partial charge in [0.05, 0.1) is 11.1 Å². The second-order valence-corrected chi connectivity index (χ2v) is 6.99. The van der Waals surface area contributed by atoms with Crippen molar-refractivity contribution in [2.24, 2.45) is 5.73 Å². The lowest BCUT2D eigenvalue weighted by Gasteiger charge is -2.16. The van der Waals surface area contributed by atoms with Crippen LogP contribution in [0.2, 0.25) is 0 Å². The minimum atomic E-state index is -0.892. The zero-order valence-corrected chi connectivity index (χ0v) is 16.2. The molecule has 0 fully saturated rings. The van der Waals surface area contributed by atoms with Crippen molar-refractivity contribution in [2.75, 3.05) is 6.54 Å². The summed E-state index contributed by atoms with van der Waals surface area (Å²) in [6.45, 7) is 2.33. The van der Waals surface area contributed by atoms with Crippen LogP contribution in [-0.2, 0) is 11.2 Å². The Hall–Kier alpha value is -3.48. The van der Waals surface area contributed by atoms with E-state index >= 15 is 0 Å². The van der Waals surface area contributed by atoms with Crippen LogP contribution in [0.1, 0.15) is 56.4 Å². The molecule has 2 aromatic rings. The number of unbranched alkanes of at least 4 members (excludes halogenated alkanes) is 1. The van der Waals surface area contributed by atoms with Gasteiger partial charge in [0.15, 0.2) is 0 Å². The summed E-state index contributed by atoms with van der Waals surface area (Å²) in [5.74, 6) is -1.92. The first kappa shape index (κ1) is 20.3. The topological polar surface area (TPSA) is 110 Å². The third-order valence-electron chi connectivity index (χ3n) is 4.90. The maximum atomic E-state index is 12.7. The summed E-state index contributed by atoms with van der Waals surface area (Å²) in [5, 5.41) is 2.62. The predicted octanol–water partition coefficient (Wildman–Crippen LogP) is 1.91. The molecule has 0 saturated heterocycles. The lowest BCUT2D eigenvalue weighted by Crippen LogP contribution is -2.45. The van der Waals surface area contributed by atoms with E-state index in [0.29, 0.717) is 12.1 Å². The standard InChI is InChI=1S/C22H23N3O4/c1-2-3-11-25-21(28)16-10-9-15(13-17(16)22(25)29)20(27)24-18(19(23)26)12-14-7-5-4-6-8-14/h4-10,13,18H,2-3,11-12H2,1H3,(H2,23,26)(H,24,27). The van der Waals surface area contributed by atoms with Crippen molar-refractivity contribution in [1.82, 2.24) is 10.2 Å². The number of carbonyl (C=O) groups is 4. The highest BCUT2D eigenvalue weighted by Gasteiger charge is 2.35. The minimum Gasteiger partial charge on any atom is -0.368 e. The number of primary amides is 1. The maximum Gasteiger partial charge on any atom is 0.261 e. The van der Waals surface area contributed by atoms with Crippen LogP contribution < -0.4 is 11.1 Å². The number of hydrogen-bond donors (Lipinski definition) is 2. The summed E-state index contributed by atoms with van der Waals surface area (Å²) in [4.78, 5) is 50.6. The predicted molar refractivity (Wildman–Crippen MR) is 107 cm³/mol. The van der Waals surface area contributed by atoms with Crippen molar-refractivity contribution in [3.63, 3.8) is 0 Å². The zero-order valence-electron chi connectivity index (χ0n) is 16.2. The van der Waals surface area contributed by atoms with Crippen molar-refractivity contribution in [1.29, 1.82) is 0 Å². The van der Waals surface area contributed by atoms with Gasteiger partial charge in [0.25, 0.3) is 17.7 Å². The first-order valence-corrected chi connectivity index (χ1v) is 9.56. The van der Waals surface area contributed by atoms with E-state index in [1.165, 1.54) is 23.1 Å². The fraction of sp³-hybridized carbons (Fsp3) is 0.273. The molecule has 2 aromatic carbocycles. The molecule has 150 valence electrons. The third-order valence-corrected chi connectivity index (χ3v) is 4.90. The summed E-state index contributed by atoms with van der Waals surface area (Å²) in [7, 11) is 0. The molecule has 0 aromatic heterocycles. The number of nitrogens with two attached hydrogens (primary N) is 1. The van der Waals surface area contributed by atoms with E-state index in [1.807, 2.05) is 37.3 Å². The molecule has 3 N–H and O–H groups in total. The summed E-state index contributed by atoms with van der Waals surface area (Å²) in [6.07, 6.45) is 1.84. The Labute approximate surface area is 168 Å². The first-order valence-electron chi connectivity index (χ1n) is 9.56. The fourth-order valence-electron chi connectivity index (χ4n) is 3.27. The molecule has 0 aliphatic carbocycles. The molecular weight excluding hydrogens is 370 g/mol. The number of benzene rings is 2. The number of carbonyl (C=O) groups excluding carboxylic acids is 4. The van der Waals surface area contributed by atoms with Crippen LogP contribution in [0.25, 0.3) is 0 Å². The number of rotatable bonds is 8. The van der Waals surface area contributed by atoms with E-state index in [4.69, 9.17) is 5.73 Å². The van der Waals surface area contributed by atoms with E-state index in [0.717, 1.165) is 18.4 Å². The quantitative estimate of drug-likeness (QED) is 0.668. The number of nitrogens with zero attached hydrogens (tertiary/aromatic N) is 1. The molecule has 7 heteroatoms. The molecule has 0 radical (unpaired) electrons. The van der Waals surface area contributed by atoms with Crippen LogP contribution in [0.3, 0.4) is 0 Å². The lowest BCUT2D eigenvalue weighted by atomic mass is 10.0. The molecule has 1 aliphatic rings.